The molecule has 0 amide bonds. The molecule has 0 aliphatic carbocycles. The molecule has 4 rings (SSSR count). The third kappa shape index (κ3) is 3.32. The zero-order valence-electron chi connectivity index (χ0n) is 14.3. The molecule has 3 aromatic heterocycles. The highest BCUT2D eigenvalue weighted by molar-refractivity contribution is 5.83. The lowest BCUT2D eigenvalue weighted by Gasteiger charge is -2.08. The van der Waals surface area contributed by atoms with Crippen molar-refractivity contribution in [3.05, 3.63) is 60.0 Å². The Balaban J connectivity index is 1.51. The van der Waals surface area contributed by atoms with Crippen LogP contribution in [0.2, 0.25) is 0 Å². The fourth-order valence-corrected chi connectivity index (χ4v) is 2.62. The smallest absolute Gasteiger partial charge is 0.226 e. The summed E-state index contributed by atoms with van der Waals surface area (Å²) in [6.07, 6.45) is 4.07. The highest BCUT2D eigenvalue weighted by Crippen LogP contribution is 2.22. The number of nitrogen functional groups attached to an aromatic ring is 1. The molecule has 0 aliphatic rings. The van der Waals surface area contributed by atoms with Gasteiger partial charge >= 0.3 is 0 Å². The number of aryl methyl sites for hydroxylation is 1. The minimum Gasteiger partial charge on any atom is -0.463 e. The molecule has 1 aromatic carbocycles. The number of hydrogen-bond donors (Lipinski definition) is 2. The van der Waals surface area contributed by atoms with Gasteiger partial charge in [0.05, 0.1) is 12.5 Å². The van der Waals surface area contributed by atoms with E-state index in [0.29, 0.717) is 35.1 Å². The van der Waals surface area contributed by atoms with Crippen LogP contribution in [0, 0.1) is 6.92 Å². The van der Waals surface area contributed by atoms with Crippen LogP contribution in [0.4, 0.5) is 11.8 Å². The molecule has 3 heterocycles. The molecule has 0 saturated carbocycles. The lowest BCUT2D eigenvalue weighted by Crippen LogP contribution is -2.10. The van der Waals surface area contributed by atoms with Crippen molar-refractivity contribution in [2.45, 2.75) is 13.3 Å². The fraction of sp³-hybridized carbons (Fsp3) is 0.158. The molecule has 0 atom stereocenters. The molecule has 7 nitrogen and oxygen atoms in total. The van der Waals surface area contributed by atoms with Crippen LogP contribution >= 0.6 is 0 Å². The van der Waals surface area contributed by atoms with Crippen LogP contribution in [-0.4, -0.2) is 26.5 Å². The quantitative estimate of drug-likeness (QED) is 0.572. The third-order valence-corrected chi connectivity index (χ3v) is 4.02. The number of nitrogens with two attached hydrogens (primary N) is 1. The zero-order valence-corrected chi connectivity index (χ0v) is 14.3. The van der Waals surface area contributed by atoms with E-state index in [-0.39, 0.29) is 5.82 Å². The SMILES string of the molecule is Cc1ccc(CCNc2nc(N)c3nc(-c4ccco4)cnc3n2)cc1. The lowest BCUT2D eigenvalue weighted by molar-refractivity contribution is 0.580. The van der Waals surface area contributed by atoms with Gasteiger partial charge in [0.25, 0.3) is 0 Å². The summed E-state index contributed by atoms with van der Waals surface area (Å²) in [6, 6.07) is 12.1. The molecule has 0 spiro atoms. The predicted octanol–water partition coefficient (Wildman–Crippen LogP) is 3.23. The number of hydrogen-bond acceptors (Lipinski definition) is 7. The van der Waals surface area contributed by atoms with E-state index in [0.717, 1.165) is 6.42 Å². The zero-order chi connectivity index (χ0) is 17.9. The maximum absolute atomic E-state index is 6.05. The summed E-state index contributed by atoms with van der Waals surface area (Å²) in [6.45, 7) is 2.78. The Morgan fingerprint density at radius 1 is 1.08 bits per heavy atom. The van der Waals surface area contributed by atoms with Gasteiger partial charge in [-0.25, -0.2) is 9.97 Å². The first-order chi connectivity index (χ1) is 12.7. The van der Waals surface area contributed by atoms with E-state index in [4.69, 9.17) is 10.2 Å². The summed E-state index contributed by atoms with van der Waals surface area (Å²) >= 11 is 0. The van der Waals surface area contributed by atoms with Crippen molar-refractivity contribution in [3.63, 3.8) is 0 Å². The van der Waals surface area contributed by atoms with E-state index in [1.165, 1.54) is 11.1 Å². The maximum atomic E-state index is 6.05. The Bertz CT molecular complexity index is 1030. The molecular formula is C19H18N6O. The summed E-state index contributed by atoms with van der Waals surface area (Å²) in [5, 5.41) is 3.19. The Morgan fingerprint density at radius 3 is 2.69 bits per heavy atom. The summed E-state index contributed by atoms with van der Waals surface area (Å²) in [5.41, 5.74) is 10.1. The second-order valence-electron chi connectivity index (χ2n) is 6.00. The van der Waals surface area contributed by atoms with E-state index in [9.17, 15) is 0 Å². The van der Waals surface area contributed by atoms with Crippen molar-refractivity contribution in [2.24, 2.45) is 0 Å². The molecule has 0 saturated heterocycles. The van der Waals surface area contributed by atoms with Crippen LogP contribution in [0.25, 0.3) is 22.6 Å². The monoisotopic (exact) mass is 346 g/mol. The summed E-state index contributed by atoms with van der Waals surface area (Å²) < 4.78 is 5.34. The number of nitrogens with zero attached hydrogens (tertiary/aromatic N) is 4. The number of aromatic nitrogens is 4. The van der Waals surface area contributed by atoms with Gasteiger partial charge in [-0.3, -0.25) is 0 Å². The first kappa shape index (κ1) is 16.0. The maximum Gasteiger partial charge on any atom is 0.226 e. The summed E-state index contributed by atoms with van der Waals surface area (Å²) in [4.78, 5) is 17.5. The van der Waals surface area contributed by atoms with E-state index >= 15 is 0 Å². The van der Waals surface area contributed by atoms with E-state index in [2.05, 4.69) is 56.4 Å². The number of benzene rings is 1. The van der Waals surface area contributed by atoms with Gasteiger partial charge in [-0.15, -0.1) is 0 Å². The van der Waals surface area contributed by atoms with Crippen LogP contribution in [-0.2, 0) is 6.42 Å². The molecule has 130 valence electrons. The second-order valence-corrected chi connectivity index (χ2v) is 6.00. The number of anilines is 2. The van der Waals surface area contributed by atoms with Crippen molar-refractivity contribution >= 4 is 22.9 Å². The van der Waals surface area contributed by atoms with Gasteiger partial charge in [0.1, 0.15) is 5.69 Å². The first-order valence-corrected chi connectivity index (χ1v) is 8.32. The highest BCUT2D eigenvalue weighted by Gasteiger charge is 2.11. The van der Waals surface area contributed by atoms with Crippen LogP contribution < -0.4 is 11.1 Å². The largest absolute Gasteiger partial charge is 0.463 e. The molecular weight excluding hydrogens is 328 g/mol. The van der Waals surface area contributed by atoms with E-state index in [1.54, 1.807) is 18.5 Å². The number of rotatable bonds is 5. The van der Waals surface area contributed by atoms with Gasteiger partial charge in [-0.05, 0) is 31.0 Å². The van der Waals surface area contributed by atoms with Crippen molar-refractivity contribution < 1.29 is 4.42 Å². The Hall–Kier alpha value is -3.48. The van der Waals surface area contributed by atoms with E-state index in [1.807, 2.05) is 6.07 Å². The highest BCUT2D eigenvalue weighted by atomic mass is 16.3. The third-order valence-electron chi connectivity index (χ3n) is 4.02. The topological polar surface area (TPSA) is 103 Å². The first-order valence-electron chi connectivity index (χ1n) is 8.32. The number of nitrogens with one attached hydrogen (secondary N) is 1. The van der Waals surface area contributed by atoms with E-state index < -0.39 is 0 Å². The van der Waals surface area contributed by atoms with Crippen molar-refractivity contribution in [1.29, 1.82) is 0 Å². The molecule has 7 heteroatoms. The molecule has 0 radical (unpaired) electrons. The molecule has 0 bridgehead atoms. The predicted molar refractivity (Wildman–Crippen MR) is 101 cm³/mol. The van der Waals surface area contributed by atoms with Crippen molar-refractivity contribution in [2.75, 3.05) is 17.6 Å². The Morgan fingerprint density at radius 2 is 1.92 bits per heavy atom. The van der Waals surface area contributed by atoms with Gasteiger partial charge in [-0.1, -0.05) is 29.8 Å². The van der Waals surface area contributed by atoms with Crippen molar-refractivity contribution in [1.82, 2.24) is 19.9 Å². The fourth-order valence-electron chi connectivity index (χ4n) is 2.62. The van der Waals surface area contributed by atoms with Gasteiger partial charge in [0, 0.05) is 6.54 Å². The number of furan rings is 1. The molecule has 0 unspecified atom stereocenters. The van der Waals surface area contributed by atoms with Crippen LogP contribution in [0.3, 0.4) is 0 Å². The second kappa shape index (κ2) is 6.79. The van der Waals surface area contributed by atoms with Crippen LogP contribution in [0.15, 0.2) is 53.3 Å². The normalized spacial score (nSPS) is 11.0. The van der Waals surface area contributed by atoms with Gasteiger partial charge in [0.2, 0.25) is 5.95 Å². The molecule has 0 aliphatic heterocycles. The van der Waals surface area contributed by atoms with Crippen LogP contribution in [0.1, 0.15) is 11.1 Å². The standard InChI is InChI=1S/C19H18N6O/c1-12-4-6-13(7-5-12)8-9-21-19-24-17(20)16-18(25-19)22-11-14(23-16)15-3-2-10-26-15/h2-7,10-11H,8-9H2,1H3,(H3,20,21,22,24,25). The van der Waals surface area contributed by atoms with Gasteiger partial charge < -0.3 is 15.5 Å². The molecule has 4 aromatic rings. The average molecular weight is 346 g/mol. The minimum atomic E-state index is 0.286. The van der Waals surface area contributed by atoms with Crippen LogP contribution in [0.5, 0.6) is 0 Å². The van der Waals surface area contributed by atoms with Gasteiger partial charge in [0.15, 0.2) is 22.7 Å². The Labute approximate surface area is 150 Å². The van der Waals surface area contributed by atoms with Gasteiger partial charge in [-0.2, -0.15) is 9.97 Å². The molecule has 26 heavy (non-hydrogen) atoms. The minimum absolute atomic E-state index is 0.286. The van der Waals surface area contributed by atoms with Crippen molar-refractivity contribution in [3.8, 4) is 11.5 Å². The molecule has 3 N–H and O–H groups in total. The number of fused-ring (bicyclic) bond motifs is 1. The lowest BCUT2D eigenvalue weighted by atomic mass is 10.1. The summed E-state index contributed by atoms with van der Waals surface area (Å²) in [5.74, 6) is 1.36. The Kier molecular flexibility index (Phi) is 4.18. The average Bonchev–Trinajstić information content (AvgIpc) is 3.18. The molecule has 0 fully saturated rings. The summed E-state index contributed by atoms with van der Waals surface area (Å²) in [7, 11) is 0.